The third-order valence-electron chi connectivity index (χ3n) is 4.65. The molecule has 0 fully saturated rings. The first-order valence-corrected chi connectivity index (χ1v) is 9.74. The van der Waals surface area contributed by atoms with Gasteiger partial charge in [0.2, 0.25) is 0 Å². The van der Waals surface area contributed by atoms with Crippen molar-refractivity contribution in [3.63, 3.8) is 0 Å². The zero-order chi connectivity index (χ0) is 22.9. The fraction of sp³-hybridized carbons (Fsp3) is 0.120. The Morgan fingerprint density at radius 3 is 2.16 bits per heavy atom. The molecule has 0 aliphatic heterocycles. The number of hydrogen-bond donors (Lipinski definition) is 1. The number of nitriles is 1. The molecule has 1 unspecified atom stereocenters. The molecule has 1 amide bonds. The fourth-order valence-corrected chi connectivity index (χ4v) is 3.01. The third kappa shape index (κ3) is 5.37. The molecule has 0 heterocycles. The number of nitrogens with zero attached hydrogens (tertiary/aromatic N) is 1. The highest BCUT2D eigenvalue weighted by molar-refractivity contribution is 5.97. The van der Waals surface area contributed by atoms with Crippen LogP contribution in [-0.4, -0.2) is 25.0 Å². The molecule has 7 heteroatoms. The quantitative estimate of drug-likeness (QED) is 0.455. The molecule has 0 saturated carbocycles. The summed E-state index contributed by atoms with van der Waals surface area (Å²) >= 11 is 0. The van der Waals surface area contributed by atoms with Gasteiger partial charge in [0.05, 0.1) is 25.2 Å². The zero-order valence-corrected chi connectivity index (χ0v) is 17.3. The van der Waals surface area contributed by atoms with Gasteiger partial charge < -0.3 is 14.8 Å². The zero-order valence-electron chi connectivity index (χ0n) is 17.3. The van der Waals surface area contributed by atoms with Crippen molar-refractivity contribution in [2.75, 3.05) is 7.11 Å². The Bertz CT molecular complexity index is 1150. The van der Waals surface area contributed by atoms with Gasteiger partial charge in [-0.25, -0.2) is 9.59 Å². The molecule has 7 nitrogen and oxygen atoms in total. The third-order valence-corrected chi connectivity index (χ3v) is 4.65. The topological polar surface area (TPSA) is 105 Å². The van der Waals surface area contributed by atoms with Gasteiger partial charge in [-0.3, -0.25) is 4.79 Å². The number of hydrogen-bond acceptors (Lipinski definition) is 6. The van der Waals surface area contributed by atoms with Crippen LogP contribution in [0.25, 0.3) is 0 Å². The minimum absolute atomic E-state index is 0.00303. The number of esters is 2. The molecule has 3 aromatic rings. The van der Waals surface area contributed by atoms with E-state index in [2.05, 4.69) is 5.32 Å². The first-order valence-electron chi connectivity index (χ1n) is 9.74. The summed E-state index contributed by atoms with van der Waals surface area (Å²) in [5, 5.41) is 11.8. The van der Waals surface area contributed by atoms with Gasteiger partial charge in [0, 0.05) is 11.1 Å². The van der Waals surface area contributed by atoms with Gasteiger partial charge in [0.1, 0.15) is 5.75 Å². The first-order chi connectivity index (χ1) is 15.5. The van der Waals surface area contributed by atoms with Gasteiger partial charge in [0.25, 0.3) is 5.91 Å². The van der Waals surface area contributed by atoms with Crippen LogP contribution in [0, 0.1) is 11.3 Å². The van der Waals surface area contributed by atoms with Crippen molar-refractivity contribution >= 4 is 17.8 Å². The Kier molecular flexibility index (Phi) is 7.33. The lowest BCUT2D eigenvalue weighted by molar-refractivity contribution is -0.143. The number of ether oxygens (including phenoxy) is 2. The molecule has 0 aliphatic rings. The maximum atomic E-state index is 12.6. The lowest BCUT2D eigenvalue weighted by atomic mass is 10.0. The predicted molar refractivity (Wildman–Crippen MR) is 116 cm³/mol. The van der Waals surface area contributed by atoms with E-state index in [1.165, 1.54) is 13.2 Å². The number of methoxy groups -OCH3 is 1. The van der Waals surface area contributed by atoms with E-state index in [9.17, 15) is 14.4 Å². The Morgan fingerprint density at radius 1 is 0.938 bits per heavy atom. The molecular weight excluding hydrogens is 408 g/mol. The van der Waals surface area contributed by atoms with E-state index in [1.54, 1.807) is 72.8 Å². The average Bonchev–Trinajstić information content (AvgIpc) is 2.84. The average molecular weight is 428 g/mol. The second-order valence-electron chi connectivity index (χ2n) is 6.75. The summed E-state index contributed by atoms with van der Waals surface area (Å²) in [7, 11) is 1.21. The molecule has 0 spiro atoms. The van der Waals surface area contributed by atoms with Crippen LogP contribution in [-0.2, 0) is 16.0 Å². The number of amides is 1. The lowest BCUT2D eigenvalue weighted by Crippen LogP contribution is -2.34. The van der Waals surface area contributed by atoms with Crippen molar-refractivity contribution in [2.45, 2.75) is 12.5 Å². The number of nitrogens with one attached hydrogen (secondary N) is 1. The number of rotatable bonds is 7. The Morgan fingerprint density at radius 2 is 1.56 bits per heavy atom. The summed E-state index contributed by atoms with van der Waals surface area (Å²) < 4.78 is 10.4. The highest BCUT2D eigenvalue weighted by Crippen LogP contribution is 2.27. The number of carbonyl (C=O) groups excluding carboxylic acids is 3. The molecular formula is C25H20N2O5. The van der Waals surface area contributed by atoms with Gasteiger partial charge in [-0.05, 0) is 35.9 Å². The minimum Gasteiger partial charge on any atom is -0.467 e. The van der Waals surface area contributed by atoms with Crippen molar-refractivity contribution in [1.82, 2.24) is 5.32 Å². The molecule has 0 saturated heterocycles. The summed E-state index contributed by atoms with van der Waals surface area (Å²) in [5.74, 6) is -1.64. The number of benzene rings is 3. The highest BCUT2D eigenvalue weighted by atomic mass is 16.5. The van der Waals surface area contributed by atoms with Gasteiger partial charge in [-0.15, -0.1) is 0 Å². The summed E-state index contributed by atoms with van der Waals surface area (Å²) in [6.45, 7) is 0. The van der Waals surface area contributed by atoms with E-state index in [0.29, 0.717) is 22.3 Å². The molecule has 160 valence electrons. The SMILES string of the molecule is COC(=O)C(NC(=O)c1ccccc1)c1ccc(CC#N)c(OC(=O)c2ccccc2)c1. The summed E-state index contributed by atoms with van der Waals surface area (Å²) in [6, 6.07) is 22.3. The number of carbonyl (C=O) groups is 3. The Balaban J connectivity index is 1.93. The molecule has 3 aromatic carbocycles. The van der Waals surface area contributed by atoms with Crippen LogP contribution >= 0.6 is 0 Å². The van der Waals surface area contributed by atoms with E-state index >= 15 is 0 Å². The molecule has 1 atom stereocenters. The highest BCUT2D eigenvalue weighted by Gasteiger charge is 2.26. The van der Waals surface area contributed by atoms with Crippen molar-refractivity contribution < 1.29 is 23.9 Å². The molecule has 0 aromatic heterocycles. The molecule has 0 bridgehead atoms. The summed E-state index contributed by atoms with van der Waals surface area (Å²) in [4.78, 5) is 37.6. The van der Waals surface area contributed by atoms with Crippen molar-refractivity contribution in [2.24, 2.45) is 0 Å². The lowest BCUT2D eigenvalue weighted by Gasteiger charge is -2.19. The monoisotopic (exact) mass is 428 g/mol. The molecule has 0 radical (unpaired) electrons. The van der Waals surface area contributed by atoms with E-state index in [-0.39, 0.29) is 12.2 Å². The Hall–Kier alpha value is -4.44. The van der Waals surface area contributed by atoms with Crippen LogP contribution < -0.4 is 10.1 Å². The molecule has 3 rings (SSSR count). The van der Waals surface area contributed by atoms with Crippen LogP contribution in [0.2, 0.25) is 0 Å². The van der Waals surface area contributed by atoms with E-state index in [0.717, 1.165) is 0 Å². The van der Waals surface area contributed by atoms with Crippen LogP contribution in [0.3, 0.4) is 0 Å². The minimum atomic E-state index is -1.14. The first kappa shape index (κ1) is 22.2. The second-order valence-corrected chi connectivity index (χ2v) is 6.75. The van der Waals surface area contributed by atoms with E-state index in [4.69, 9.17) is 14.7 Å². The van der Waals surface area contributed by atoms with Gasteiger partial charge in [0.15, 0.2) is 6.04 Å². The van der Waals surface area contributed by atoms with Crippen LogP contribution in [0.15, 0.2) is 78.9 Å². The largest absolute Gasteiger partial charge is 0.467 e. The van der Waals surface area contributed by atoms with Gasteiger partial charge in [-0.2, -0.15) is 5.26 Å². The van der Waals surface area contributed by atoms with Gasteiger partial charge >= 0.3 is 11.9 Å². The molecule has 1 N–H and O–H groups in total. The maximum Gasteiger partial charge on any atom is 0.343 e. The summed E-state index contributed by atoms with van der Waals surface area (Å²) in [6.07, 6.45) is -0.00303. The van der Waals surface area contributed by atoms with Crippen LogP contribution in [0.1, 0.15) is 37.9 Å². The standard InChI is InChI=1S/C25H20N2O5/c1-31-25(30)22(27-23(28)18-8-4-2-5-9-18)20-13-12-17(14-15-26)21(16-20)32-24(29)19-10-6-3-7-11-19/h2-13,16,22H,14H2,1H3,(H,27,28). The fourth-order valence-electron chi connectivity index (χ4n) is 3.01. The van der Waals surface area contributed by atoms with Crippen molar-refractivity contribution in [1.29, 1.82) is 5.26 Å². The van der Waals surface area contributed by atoms with E-state index < -0.39 is 23.9 Å². The predicted octanol–water partition coefficient (Wildman–Crippen LogP) is 3.62. The van der Waals surface area contributed by atoms with Crippen molar-refractivity contribution in [3.05, 3.63) is 101 Å². The van der Waals surface area contributed by atoms with E-state index in [1.807, 2.05) is 6.07 Å². The van der Waals surface area contributed by atoms with Gasteiger partial charge in [-0.1, -0.05) is 48.5 Å². The summed E-state index contributed by atoms with van der Waals surface area (Å²) in [5.41, 5.74) is 1.53. The van der Waals surface area contributed by atoms with Crippen LogP contribution in [0.4, 0.5) is 0 Å². The second kappa shape index (κ2) is 10.5. The molecule has 0 aliphatic carbocycles. The Labute approximate surface area is 185 Å². The maximum absolute atomic E-state index is 12.6. The normalized spacial score (nSPS) is 11.0. The van der Waals surface area contributed by atoms with Crippen molar-refractivity contribution in [3.8, 4) is 11.8 Å². The van der Waals surface area contributed by atoms with Crippen LogP contribution in [0.5, 0.6) is 5.75 Å². The smallest absolute Gasteiger partial charge is 0.343 e. The molecule has 32 heavy (non-hydrogen) atoms.